The number of hydrogen-bond acceptors (Lipinski definition) is 3. The molecule has 0 aliphatic carbocycles. The molecular weight excluding hydrogens is 256 g/mol. The van der Waals surface area contributed by atoms with Crippen LogP contribution in [0.2, 0.25) is 0 Å². The first-order chi connectivity index (χ1) is 9.69. The van der Waals surface area contributed by atoms with E-state index in [-0.39, 0.29) is 18.4 Å². The molecule has 2 aliphatic rings. The summed E-state index contributed by atoms with van der Waals surface area (Å²) in [7, 11) is 0. The Hall–Kier alpha value is -1.88. The van der Waals surface area contributed by atoms with Crippen LogP contribution in [0.3, 0.4) is 0 Å². The lowest BCUT2D eigenvalue weighted by molar-refractivity contribution is -0.120. The molecule has 0 fully saturated rings. The molecular formula is C15H18N2O3. The van der Waals surface area contributed by atoms with Gasteiger partial charge in [0.05, 0.1) is 5.69 Å². The van der Waals surface area contributed by atoms with E-state index >= 15 is 0 Å². The van der Waals surface area contributed by atoms with E-state index in [0.29, 0.717) is 13.0 Å². The Morgan fingerprint density at radius 1 is 1.30 bits per heavy atom. The molecule has 5 heteroatoms. The summed E-state index contributed by atoms with van der Waals surface area (Å²) >= 11 is 0. The summed E-state index contributed by atoms with van der Waals surface area (Å²) in [6.07, 6.45) is 2.18. The molecule has 2 heterocycles. The summed E-state index contributed by atoms with van der Waals surface area (Å²) < 4.78 is 5.09. The third-order valence-corrected chi connectivity index (χ3v) is 3.77. The first kappa shape index (κ1) is 13.1. The van der Waals surface area contributed by atoms with Crippen molar-refractivity contribution in [2.24, 2.45) is 0 Å². The van der Waals surface area contributed by atoms with Crippen molar-refractivity contribution in [3.05, 3.63) is 23.3 Å². The van der Waals surface area contributed by atoms with Crippen molar-refractivity contribution in [2.45, 2.75) is 26.2 Å². The van der Waals surface area contributed by atoms with Crippen molar-refractivity contribution in [3.63, 3.8) is 0 Å². The molecule has 2 aliphatic heterocycles. The van der Waals surface area contributed by atoms with Crippen LogP contribution >= 0.6 is 0 Å². The molecule has 0 unspecified atom stereocenters. The molecule has 20 heavy (non-hydrogen) atoms. The number of benzene rings is 1. The third kappa shape index (κ3) is 2.29. The van der Waals surface area contributed by atoms with E-state index in [1.807, 2.05) is 24.0 Å². The zero-order valence-electron chi connectivity index (χ0n) is 11.6. The van der Waals surface area contributed by atoms with Crippen LogP contribution in [0.1, 0.15) is 24.5 Å². The van der Waals surface area contributed by atoms with Gasteiger partial charge in [-0.2, -0.15) is 0 Å². The average molecular weight is 274 g/mol. The highest BCUT2D eigenvalue weighted by Crippen LogP contribution is 2.38. The first-order valence-electron chi connectivity index (χ1n) is 7.03. The second kappa shape index (κ2) is 5.25. The highest BCUT2D eigenvalue weighted by molar-refractivity contribution is 6.00. The molecule has 2 amide bonds. The van der Waals surface area contributed by atoms with Crippen LogP contribution in [0.4, 0.5) is 11.4 Å². The highest BCUT2D eigenvalue weighted by Gasteiger charge is 2.31. The topological polar surface area (TPSA) is 58.6 Å². The molecule has 5 nitrogen and oxygen atoms in total. The minimum atomic E-state index is -0.138. The second-order valence-electron chi connectivity index (χ2n) is 5.12. The maximum atomic E-state index is 11.8. The van der Waals surface area contributed by atoms with Gasteiger partial charge < -0.3 is 15.0 Å². The van der Waals surface area contributed by atoms with Gasteiger partial charge in [-0.3, -0.25) is 9.59 Å². The number of rotatable bonds is 4. The fraction of sp³-hybridized carbons (Fsp3) is 0.467. The van der Waals surface area contributed by atoms with Gasteiger partial charge in [-0.25, -0.2) is 0 Å². The van der Waals surface area contributed by atoms with Crippen LogP contribution < -0.4 is 10.2 Å². The van der Waals surface area contributed by atoms with E-state index in [1.165, 1.54) is 0 Å². The Morgan fingerprint density at radius 2 is 2.05 bits per heavy atom. The number of ether oxygens (including phenoxy) is 1. The van der Waals surface area contributed by atoms with Gasteiger partial charge in [-0.15, -0.1) is 0 Å². The number of amides is 2. The molecule has 0 aromatic heterocycles. The van der Waals surface area contributed by atoms with Gasteiger partial charge in [0.25, 0.3) is 0 Å². The van der Waals surface area contributed by atoms with Gasteiger partial charge in [0.1, 0.15) is 6.61 Å². The molecule has 0 saturated carbocycles. The summed E-state index contributed by atoms with van der Waals surface area (Å²) in [6.45, 7) is 3.23. The summed E-state index contributed by atoms with van der Waals surface area (Å²) in [4.78, 5) is 25.4. The van der Waals surface area contributed by atoms with Gasteiger partial charge in [0.15, 0.2) is 0 Å². The third-order valence-electron chi connectivity index (χ3n) is 3.77. The number of anilines is 2. The smallest absolute Gasteiger partial charge is 0.250 e. The minimum absolute atomic E-state index is 0.0769. The quantitative estimate of drug-likeness (QED) is 0.905. The monoisotopic (exact) mass is 274 g/mol. The molecule has 0 spiro atoms. The minimum Gasteiger partial charge on any atom is -0.372 e. The standard InChI is InChI=1S/C15H18N2O3/c1-2-20-9-13(18)16-12-7-10-3-4-14(19)17-6-5-11(8-12)15(10)17/h7-8H,2-6,9H2,1H3,(H,16,18). The SMILES string of the molecule is CCOCC(=O)Nc1cc2c3c(c1)CCN3C(=O)CC2. The van der Waals surface area contributed by atoms with E-state index < -0.39 is 0 Å². The highest BCUT2D eigenvalue weighted by atomic mass is 16.5. The fourth-order valence-electron chi connectivity index (χ4n) is 2.92. The summed E-state index contributed by atoms with van der Waals surface area (Å²) in [6, 6.07) is 3.95. The summed E-state index contributed by atoms with van der Waals surface area (Å²) in [5, 5.41) is 2.86. The predicted molar refractivity (Wildman–Crippen MR) is 75.9 cm³/mol. The predicted octanol–water partition coefficient (Wildman–Crippen LogP) is 1.50. The number of hydrogen-bond donors (Lipinski definition) is 1. The zero-order chi connectivity index (χ0) is 14.1. The van der Waals surface area contributed by atoms with Crippen molar-refractivity contribution >= 4 is 23.2 Å². The largest absolute Gasteiger partial charge is 0.372 e. The Labute approximate surface area is 117 Å². The van der Waals surface area contributed by atoms with E-state index in [9.17, 15) is 9.59 Å². The fourth-order valence-corrected chi connectivity index (χ4v) is 2.92. The van der Waals surface area contributed by atoms with Gasteiger partial charge in [-0.05, 0) is 43.0 Å². The summed E-state index contributed by atoms with van der Waals surface area (Å²) in [5.41, 5.74) is 4.19. The Balaban J connectivity index is 1.82. The van der Waals surface area contributed by atoms with Gasteiger partial charge >= 0.3 is 0 Å². The lowest BCUT2D eigenvalue weighted by Crippen LogP contribution is -2.32. The van der Waals surface area contributed by atoms with Crippen LogP contribution in [0.5, 0.6) is 0 Å². The Bertz CT molecular complexity index is 568. The number of aryl methyl sites for hydroxylation is 1. The van der Waals surface area contributed by atoms with Crippen LogP contribution in [0.25, 0.3) is 0 Å². The maximum Gasteiger partial charge on any atom is 0.250 e. The molecule has 0 saturated heterocycles. The van der Waals surface area contributed by atoms with Crippen molar-refractivity contribution in [1.29, 1.82) is 0 Å². The van der Waals surface area contributed by atoms with Gasteiger partial charge in [0.2, 0.25) is 11.8 Å². The van der Waals surface area contributed by atoms with Crippen molar-refractivity contribution in [2.75, 3.05) is 30.0 Å². The molecule has 1 N–H and O–H groups in total. The van der Waals surface area contributed by atoms with Crippen molar-refractivity contribution in [1.82, 2.24) is 0 Å². The number of carbonyl (C=O) groups excluding carboxylic acids is 2. The molecule has 0 atom stereocenters. The molecule has 106 valence electrons. The van der Waals surface area contributed by atoms with Crippen LogP contribution in [-0.4, -0.2) is 31.6 Å². The van der Waals surface area contributed by atoms with E-state index in [2.05, 4.69) is 5.32 Å². The van der Waals surface area contributed by atoms with Crippen molar-refractivity contribution < 1.29 is 14.3 Å². The first-order valence-corrected chi connectivity index (χ1v) is 7.03. The lowest BCUT2D eigenvalue weighted by atomic mass is 9.98. The molecule has 1 aromatic carbocycles. The molecule has 3 rings (SSSR count). The number of nitrogens with one attached hydrogen (secondary N) is 1. The van der Waals surface area contributed by atoms with E-state index in [0.717, 1.165) is 41.9 Å². The molecule has 0 bridgehead atoms. The van der Waals surface area contributed by atoms with Gasteiger partial charge in [-0.1, -0.05) is 0 Å². The summed E-state index contributed by atoms with van der Waals surface area (Å²) in [5.74, 6) is 0.0742. The van der Waals surface area contributed by atoms with Gasteiger partial charge in [0, 0.05) is 25.3 Å². The van der Waals surface area contributed by atoms with Crippen LogP contribution in [0, 0.1) is 0 Å². The molecule has 0 radical (unpaired) electrons. The van der Waals surface area contributed by atoms with Crippen LogP contribution in [0.15, 0.2) is 12.1 Å². The zero-order valence-corrected chi connectivity index (χ0v) is 11.6. The number of nitrogens with zero attached hydrogens (tertiary/aromatic N) is 1. The Morgan fingerprint density at radius 3 is 2.80 bits per heavy atom. The second-order valence-corrected chi connectivity index (χ2v) is 5.12. The van der Waals surface area contributed by atoms with E-state index in [4.69, 9.17) is 4.74 Å². The lowest BCUT2D eigenvalue weighted by Gasteiger charge is -2.25. The maximum absolute atomic E-state index is 11.8. The normalized spacial score (nSPS) is 16.2. The Kier molecular flexibility index (Phi) is 3.44. The van der Waals surface area contributed by atoms with Crippen LogP contribution in [-0.2, 0) is 27.2 Å². The molecule has 1 aromatic rings. The average Bonchev–Trinajstić information content (AvgIpc) is 2.86. The van der Waals surface area contributed by atoms with Crippen molar-refractivity contribution in [3.8, 4) is 0 Å². The van der Waals surface area contributed by atoms with E-state index in [1.54, 1.807) is 0 Å². The number of carbonyl (C=O) groups is 2.